The van der Waals surface area contributed by atoms with Crippen LogP contribution in [0.15, 0.2) is 0 Å². The van der Waals surface area contributed by atoms with Gasteiger partial charge in [-0.1, -0.05) is 6.92 Å². The summed E-state index contributed by atoms with van der Waals surface area (Å²) in [6.07, 6.45) is 2.51. The zero-order valence-corrected chi connectivity index (χ0v) is 11.2. The molecule has 0 N–H and O–H groups in total. The lowest BCUT2D eigenvalue weighted by Gasteiger charge is -2.47. The van der Waals surface area contributed by atoms with Crippen LogP contribution >= 0.6 is 0 Å². The lowest BCUT2D eigenvalue weighted by molar-refractivity contribution is -0.168. The number of rotatable bonds is 1. The Morgan fingerprint density at radius 1 is 1.50 bits per heavy atom. The Morgan fingerprint density at radius 3 is 2.72 bits per heavy atom. The van der Waals surface area contributed by atoms with E-state index >= 15 is 0 Å². The number of hydrogen-bond acceptors (Lipinski definition) is 4. The smallest absolute Gasteiger partial charge is 0.312 e. The van der Waals surface area contributed by atoms with Gasteiger partial charge in [-0.2, -0.15) is 5.26 Å². The van der Waals surface area contributed by atoms with E-state index in [9.17, 15) is 14.9 Å². The highest BCUT2D eigenvalue weighted by Gasteiger charge is 2.64. The second kappa shape index (κ2) is 4.08. The van der Waals surface area contributed by atoms with Crippen LogP contribution in [-0.4, -0.2) is 18.9 Å². The molecule has 98 valence electrons. The van der Waals surface area contributed by atoms with Gasteiger partial charge in [0.2, 0.25) is 0 Å². The highest BCUT2D eigenvalue weighted by Crippen LogP contribution is 2.60. The van der Waals surface area contributed by atoms with Crippen LogP contribution in [0.25, 0.3) is 0 Å². The summed E-state index contributed by atoms with van der Waals surface area (Å²) in [5.41, 5.74) is -1.50. The minimum Gasteiger partial charge on any atom is -0.469 e. The number of carbonyl (C=O) groups is 2. The second-order valence-electron chi connectivity index (χ2n) is 5.88. The number of hydrogen-bond donors (Lipinski definition) is 0. The zero-order valence-electron chi connectivity index (χ0n) is 11.2. The van der Waals surface area contributed by atoms with Crippen molar-refractivity contribution < 1.29 is 14.3 Å². The summed E-state index contributed by atoms with van der Waals surface area (Å²) in [6.45, 7) is 3.77. The molecule has 2 fully saturated rings. The van der Waals surface area contributed by atoms with Crippen LogP contribution in [-0.2, 0) is 14.3 Å². The minimum atomic E-state index is -0.851. The molecule has 0 heterocycles. The third-order valence-electron chi connectivity index (χ3n) is 5.19. The lowest BCUT2D eigenvalue weighted by Crippen LogP contribution is -2.53. The van der Waals surface area contributed by atoms with Gasteiger partial charge in [0.05, 0.1) is 29.9 Å². The molecule has 4 atom stereocenters. The molecule has 0 unspecified atom stereocenters. The molecule has 18 heavy (non-hydrogen) atoms. The molecule has 2 rings (SSSR count). The number of methoxy groups -OCH3 is 1. The molecule has 0 aliphatic heterocycles. The van der Waals surface area contributed by atoms with Gasteiger partial charge in [0, 0.05) is 6.42 Å². The maximum atomic E-state index is 12.2. The van der Waals surface area contributed by atoms with E-state index in [0.29, 0.717) is 19.3 Å². The van der Waals surface area contributed by atoms with E-state index in [0.717, 1.165) is 6.42 Å². The molecule has 0 aromatic carbocycles. The summed E-state index contributed by atoms with van der Waals surface area (Å²) in [4.78, 5) is 24.4. The first-order valence-electron chi connectivity index (χ1n) is 6.45. The number of Topliss-reactive ketones (excluding diaryl/α,β-unsaturated/α-hetero) is 1. The van der Waals surface area contributed by atoms with Gasteiger partial charge in [0.1, 0.15) is 5.78 Å². The molecule has 0 spiro atoms. The normalized spacial score (nSPS) is 43.1. The van der Waals surface area contributed by atoms with Gasteiger partial charge in [-0.15, -0.1) is 0 Å². The van der Waals surface area contributed by atoms with Gasteiger partial charge >= 0.3 is 5.97 Å². The molecule has 2 aliphatic rings. The van der Waals surface area contributed by atoms with Crippen LogP contribution in [0, 0.1) is 34.0 Å². The number of nitrogens with zero attached hydrogens (tertiary/aromatic N) is 1. The van der Waals surface area contributed by atoms with Crippen molar-refractivity contribution in [1.82, 2.24) is 0 Å². The maximum absolute atomic E-state index is 12.2. The first kappa shape index (κ1) is 13.1. The molecule has 2 aliphatic carbocycles. The number of ether oxygens (including phenoxy) is 1. The van der Waals surface area contributed by atoms with Crippen molar-refractivity contribution in [3.63, 3.8) is 0 Å². The van der Waals surface area contributed by atoms with E-state index < -0.39 is 16.7 Å². The predicted octanol–water partition coefficient (Wildman–Crippen LogP) is 2.08. The van der Waals surface area contributed by atoms with Gasteiger partial charge in [0.25, 0.3) is 0 Å². The number of carbonyl (C=O) groups excluding carboxylic acids is 2. The number of nitriles is 1. The van der Waals surface area contributed by atoms with Crippen LogP contribution in [0.4, 0.5) is 0 Å². The summed E-state index contributed by atoms with van der Waals surface area (Å²) >= 11 is 0. The van der Waals surface area contributed by atoms with Crippen LogP contribution in [0.5, 0.6) is 0 Å². The maximum Gasteiger partial charge on any atom is 0.312 e. The van der Waals surface area contributed by atoms with Crippen LogP contribution in [0.2, 0.25) is 0 Å². The first-order valence-corrected chi connectivity index (χ1v) is 6.45. The third kappa shape index (κ3) is 1.43. The fourth-order valence-corrected chi connectivity index (χ4v) is 3.89. The number of fused-ring (bicyclic) bond motifs is 1. The molecule has 0 aromatic heterocycles. The molecule has 0 amide bonds. The number of esters is 1. The summed E-state index contributed by atoms with van der Waals surface area (Å²) in [5.74, 6) is -0.727. The molecule has 0 aromatic rings. The van der Waals surface area contributed by atoms with Crippen molar-refractivity contribution in [2.75, 3.05) is 7.11 Å². The van der Waals surface area contributed by atoms with Gasteiger partial charge in [0.15, 0.2) is 0 Å². The van der Waals surface area contributed by atoms with E-state index in [1.165, 1.54) is 7.11 Å². The largest absolute Gasteiger partial charge is 0.469 e. The van der Waals surface area contributed by atoms with Gasteiger partial charge in [-0.25, -0.2) is 0 Å². The molecule has 4 nitrogen and oxygen atoms in total. The second-order valence-corrected chi connectivity index (χ2v) is 5.88. The van der Waals surface area contributed by atoms with Gasteiger partial charge < -0.3 is 4.74 Å². The van der Waals surface area contributed by atoms with Crippen LogP contribution < -0.4 is 0 Å². The fourth-order valence-electron chi connectivity index (χ4n) is 3.89. The Bertz CT molecular complexity index is 439. The van der Waals surface area contributed by atoms with Crippen molar-refractivity contribution in [3.8, 4) is 6.07 Å². The molecule has 0 radical (unpaired) electrons. The van der Waals surface area contributed by atoms with E-state index in [4.69, 9.17) is 4.74 Å². The average Bonchev–Trinajstić information content (AvgIpc) is 2.72. The highest BCUT2D eigenvalue weighted by molar-refractivity contribution is 5.92. The number of ketones is 1. The van der Waals surface area contributed by atoms with E-state index in [1.54, 1.807) is 6.92 Å². The minimum absolute atomic E-state index is 0.0519. The van der Waals surface area contributed by atoms with E-state index in [1.807, 2.05) is 6.92 Å². The molecular weight excluding hydrogens is 230 g/mol. The summed E-state index contributed by atoms with van der Waals surface area (Å²) in [5, 5.41) is 9.49. The van der Waals surface area contributed by atoms with Gasteiger partial charge in [-0.3, -0.25) is 9.59 Å². The van der Waals surface area contributed by atoms with Crippen molar-refractivity contribution >= 4 is 11.8 Å². The van der Waals surface area contributed by atoms with Crippen molar-refractivity contribution in [2.24, 2.45) is 22.7 Å². The quantitative estimate of drug-likeness (QED) is 0.667. The van der Waals surface area contributed by atoms with E-state index in [2.05, 4.69) is 6.07 Å². The Balaban J connectivity index is 2.53. The lowest BCUT2D eigenvalue weighted by atomic mass is 9.53. The molecule has 0 saturated heterocycles. The fraction of sp³-hybridized carbons (Fsp3) is 0.786. The Hall–Kier alpha value is -1.37. The van der Waals surface area contributed by atoms with Crippen LogP contribution in [0.1, 0.15) is 39.5 Å². The SMILES string of the molecule is COC(=O)[C@]1(C)[C@H](C)CC[C@@]2(C#N)CCC(=O)[C@@H]21. The van der Waals surface area contributed by atoms with Crippen LogP contribution in [0.3, 0.4) is 0 Å². The Morgan fingerprint density at radius 2 is 2.17 bits per heavy atom. The molecule has 2 saturated carbocycles. The standard InChI is InChI=1S/C14H19NO3/c1-9-4-6-14(8-15)7-5-10(16)11(14)13(9,2)12(17)18-3/h9,11H,4-7H2,1-3H3/t9-,11-,13-,14+/m1/s1. The van der Waals surface area contributed by atoms with Crippen molar-refractivity contribution in [1.29, 1.82) is 5.26 Å². The zero-order chi connectivity index (χ0) is 13.6. The highest BCUT2D eigenvalue weighted by atomic mass is 16.5. The Labute approximate surface area is 107 Å². The predicted molar refractivity (Wildman–Crippen MR) is 64.3 cm³/mol. The summed E-state index contributed by atoms with van der Waals surface area (Å²) in [7, 11) is 1.35. The average molecular weight is 249 g/mol. The molecular formula is C14H19NO3. The van der Waals surface area contributed by atoms with Crippen molar-refractivity contribution in [2.45, 2.75) is 39.5 Å². The molecule has 4 heteroatoms. The Kier molecular flexibility index (Phi) is 2.96. The van der Waals surface area contributed by atoms with Crippen molar-refractivity contribution in [3.05, 3.63) is 0 Å². The first-order chi connectivity index (χ1) is 8.42. The summed E-state index contributed by atoms with van der Waals surface area (Å²) in [6, 6.07) is 2.34. The third-order valence-corrected chi connectivity index (χ3v) is 5.19. The monoisotopic (exact) mass is 249 g/mol. The van der Waals surface area contributed by atoms with E-state index in [-0.39, 0.29) is 17.7 Å². The summed E-state index contributed by atoms with van der Waals surface area (Å²) < 4.78 is 4.91. The molecule has 0 bridgehead atoms. The van der Waals surface area contributed by atoms with Gasteiger partial charge in [-0.05, 0) is 32.1 Å². The topological polar surface area (TPSA) is 67.2 Å².